The van der Waals surface area contributed by atoms with Crippen LogP contribution >= 0.6 is 0 Å². The van der Waals surface area contributed by atoms with Gasteiger partial charge in [0.25, 0.3) is 0 Å². The molecule has 6 heteroatoms. The molecule has 0 aromatic heterocycles. The van der Waals surface area contributed by atoms with Crippen molar-refractivity contribution in [2.45, 2.75) is 45.1 Å². The van der Waals surface area contributed by atoms with E-state index in [1.807, 2.05) is 19.1 Å². The molecule has 3 atom stereocenters. The number of rotatable bonds is 6. The topological polar surface area (TPSA) is 66.5 Å². The summed E-state index contributed by atoms with van der Waals surface area (Å²) in [5, 5.41) is 3.08. The minimum atomic E-state index is -3.52. The second-order valence-electron chi connectivity index (χ2n) is 7.10. The molecule has 5 nitrogen and oxygen atoms in total. The largest absolute Gasteiger partial charge is 0.352 e. The molecule has 2 saturated carbocycles. The van der Waals surface area contributed by atoms with E-state index >= 15 is 0 Å². The van der Waals surface area contributed by atoms with Crippen molar-refractivity contribution in [1.29, 1.82) is 0 Å². The van der Waals surface area contributed by atoms with Gasteiger partial charge in [0.2, 0.25) is 15.9 Å². The van der Waals surface area contributed by atoms with Gasteiger partial charge in [-0.05, 0) is 49.1 Å². The molecular weight excluding hydrogens is 324 g/mol. The molecule has 2 aliphatic carbocycles. The lowest BCUT2D eigenvalue weighted by Crippen LogP contribution is -2.45. The quantitative estimate of drug-likeness (QED) is 0.856. The first-order valence-electron chi connectivity index (χ1n) is 8.73. The van der Waals surface area contributed by atoms with Gasteiger partial charge in [-0.15, -0.1) is 0 Å². The average molecular weight is 350 g/mol. The maximum Gasteiger partial charge on any atom is 0.241 e. The summed E-state index contributed by atoms with van der Waals surface area (Å²) in [5.74, 6) is 1.12. The number of hydrogen-bond donors (Lipinski definition) is 1. The number of carbonyl (C=O) groups excluding carboxylic acids is 1. The molecule has 2 aliphatic rings. The fourth-order valence-corrected chi connectivity index (χ4v) is 5.13. The third-order valence-electron chi connectivity index (χ3n) is 5.41. The number of nitrogens with zero attached hydrogens (tertiary/aromatic N) is 1. The predicted molar refractivity (Wildman–Crippen MR) is 95.4 cm³/mol. The fraction of sp³-hybridized carbons (Fsp3) is 0.611. The Balaban J connectivity index is 1.74. The van der Waals surface area contributed by atoms with E-state index in [1.165, 1.54) is 23.6 Å². The zero-order chi connectivity index (χ0) is 17.3. The third kappa shape index (κ3) is 3.58. The number of sulfonamides is 1. The van der Waals surface area contributed by atoms with Crippen molar-refractivity contribution < 1.29 is 13.2 Å². The van der Waals surface area contributed by atoms with Gasteiger partial charge in [0, 0.05) is 6.04 Å². The minimum Gasteiger partial charge on any atom is -0.352 e. The van der Waals surface area contributed by atoms with E-state index < -0.39 is 10.0 Å². The summed E-state index contributed by atoms with van der Waals surface area (Å²) in [6.07, 6.45) is 6.58. The Kier molecular flexibility index (Phi) is 4.85. The van der Waals surface area contributed by atoms with Crippen molar-refractivity contribution in [1.82, 2.24) is 5.32 Å². The van der Waals surface area contributed by atoms with Crippen molar-refractivity contribution in [3.05, 3.63) is 29.8 Å². The number of carbonyl (C=O) groups is 1. The Bertz CT molecular complexity index is 717. The van der Waals surface area contributed by atoms with Gasteiger partial charge >= 0.3 is 0 Å². The summed E-state index contributed by atoms with van der Waals surface area (Å²) in [7, 11) is -3.52. The number of amides is 1. The van der Waals surface area contributed by atoms with Crippen LogP contribution in [-0.4, -0.2) is 33.2 Å². The van der Waals surface area contributed by atoms with Crippen LogP contribution in [0.25, 0.3) is 0 Å². The van der Waals surface area contributed by atoms with Crippen molar-refractivity contribution >= 4 is 21.6 Å². The van der Waals surface area contributed by atoms with Crippen LogP contribution in [-0.2, 0) is 21.2 Å². The average Bonchev–Trinajstić information content (AvgIpc) is 3.14. The Morgan fingerprint density at radius 1 is 1.25 bits per heavy atom. The van der Waals surface area contributed by atoms with Crippen LogP contribution in [0, 0.1) is 11.8 Å². The number of benzene rings is 1. The molecule has 0 saturated heterocycles. The van der Waals surface area contributed by atoms with Gasteiger partial charge in [-0.2, -0.15) is 0 Å². The highest BCUT2D eigenvalue weighted by Gasteiger charge is 2.40. The third-order valence-corrected chi connectivity index (χ3v) is 6.54. The second kappa shape index (κ2) is 6.75. The highest BCUT2D eigenvalue weighted by Crippen LogP contribution is 2.44. The molecule has 0 radical (unpaired) electrons. The minimum absolute atomic E-state index is 0.149. The summed E-state index contributed by atoms with van der Waals surface area (Å²) in [6, 6.07) is 7.59. The lowest BCUT2D eigenvalue weighted by Gasteiger charge is -2.27. The maximum atomic E-state index is 12.5. The van der Waals surface area contributed by atoms with Crippen LogP contribution < -0.4 is 9.62 Å². The van der Waals surface area contributed by atoms with Crippen molar-refractivity contribution in [3.8, 4) is 0 Å². The van der Waals surface area contributed by atoms with E-state index in [0.717, 1.165) is 30.6 Å². The van der Waals surface area contributed by atoms with E-state index in [0.29, 0.717) is 11.6 Å². The molecular formula is C18H26N2O3S. The van der Waals surface area contributed by atoms with Gasteiger partial charge in [-0.1, -0.05) is 31.5 Å². The van der Waals surface area contributed by atoms with E-state index in [-0.39, 0.29) is 18.5 Å². The van der Waals surface area contributed by atoms with Gasteiger partial charge in [-0.25, -0.2) is 8.42 Å². The van der Waals surface area contributed by atoms with E-state index in [1.54, 1.807) is 12.1 Å². The summed E-state index contributed by atoms with van der Waals surface area (Å²) in [6.45, 7) is 1.83. The standard InChI is InChI=1S/C18H26N2O3S/c1-3-14-6-4-5-7-17(14)20(24(2,22)23)12-18(21)19-16-11-13-8-9-15(16)10-13/h4-7,13,15-16H,3,8-12H2,1-2H3,(H,19,21)/t13-,15-,16-/m1/s1. The van der Waals surface area contributed by atoms with Crippen LogP contribution in [0.5, 0.6) is 0 Å². The number of nitrogens with one attached hydrogen (secondary N) is 1. The molecule has 0 aliphatic heterocycles. The summed E-state index contributed by atoms with van der Waals surface area (Å²) in [5.41, 5.74) is 1.53. The summed E-state index contributed by atoms with van der Waals surface area (Å²) >= 11 is 0. The molecule has 0 spiro atoms. The summed E-state index contributed by atoms with van der Waals surface area (Å²) < 4.78 is 25.7. The highest BCUT2D eigenvalue weighted by molar-refractivity contribution is 7.92. The monoisotopic (exact) mass is 350 g/mol. The zero-order valence-corrected chi connectivity index (χ0v) is 15.2. The SMILES string of the molecule is CCc1ccccc1N(CC(=O)N[C@@H]1C[C@@H]2CC[C@@H]1C2)S(C)(=O)=O. The first-order valence-corrected chi connectivity index (χ1v) is 10.6. The highest BCUT2D eigenvalue weighted by atomic mass is 32.2. The molecule has 2 bridgehead atoms. The molecule has 24 heavy (non-hydrogen) atoms. The van der Waals surface area contributed by atoms with Gasteiger partial charge in [-0.3, -0.25) is 9.10 Å². The normalized spacial score (nSPS) is 25.7. The Labute approximate surface area is 144 Å². The molecule has 2 fully saturated rings. The Morgan fingerprint density at radius 2 is 2.00 bits per heavy atom. The molecule has 132 valence electrons. The van der Waals surface area contributed by atoms with Gasteiger partial charge < -0.3 is 5.32 Å². The fourth-order valence-electron chi connectivity index (χ4n) is 4.24. The second-order valence-corrected chi connectivity index (χ2v) is 9.01. The van der Waals surface area contributed by atoms with Crippen LogP contribution in [0.1, 0.15) is 38.2 Å². The van der Waals surface area contributed by atoms with Crippen molar-refractivity contribution in [2.24, 2.45) is 11.8 Å². The van der Waals surface area contributed by atoms with Crippen LogP contribution in [0.2, 0.25) is 0 Å². The Morgan fingerprint density at radius 3 is 2.58 bits per heavy atom. The van der Waals surface area contributed by atoms with Crippen LogP contribution in [0.15, 0.2) is 24.3 Å². The van der Waals surface area contributed by atoms with Crippen molar-refractivity contribution in [3.63, 3.8) is 0 Å². The molecule has 0 unspecified atom stereocenters. The van der Waals surface area contributed by atoms with E-state index in [2.05, 4.69) is 5.32 Å². The van der Waals surface area contributed by atoms with E-state index in [4.69, 9.17) is 0 Å². The number of aryl methyl sites for hydroxylation is 1. The molecule has 3 rings (SSSR count). The molecule has 1 N–H and O–H groups in total. The number of para-hydroxylation sites is 1. The van der Waals surface area contributed by atoms with Gasteiger partial charge in [0.15, 0.2) is 0 Å². The zero-order valence-electron chi connectivity index (χ0n) is 14.4. The number of anilines is 1. The molecule has 0 heterocycles. The van der Waals surface area contributed by atoms with Gasteiger partial charge in [0.1, 0.15) is 6.54 Å². The van der Waals surface area contributed by atoms with Crippen LogP contribution in [0.4, 0.5) is 5.69 Å². The Hall–Kier alpha value is -1.56. The number of hydrogen-bond acceptors (Lipinski definition) is 3. The molecule has 1 amide bonds. The smallest absolute Gasteiger partial charge is 0.241 e. The maximum absolute atomic E-state index is 12.5. The lowest BCUT2D eigenvalue weighted by molar-refractivity contribution is -0.120. The molecule has 1 aromatic rings. The molecule has 1 aromatic carbocycles. The summed E-state index contributed by atoms with van der Waals surface area (Å²) in [4.78, 5) is 12.5. The van der Waals surface area contributed by atoms with Crippen LogP contribution in [0.3, 0.4) is 0 Å². The first-order chi connectivity index (χ1) is 11.4. The lowest BCUT2D eigenvalue weighted by atomic mass is 9.95. The van der Waals surface area contributed by atoms with Gasteiger partial charge in [0.05, 0.1) is 11.9 Å². The predicted octanol–water partition coefficient (Wildman–Crippen LogP) is 2.32. The first kappa shape index (κ1) is 17.3. The van der Waals surface area contributed by atoms with Crippen molar-refractivity contribution in [2.75, 3.05) is 17.1 Å². The number of fused-ring (bicyclic) bond motifs is 2. The van der Waals surface area contributed by atoms with E-state index in [9.17, 15) is 13.2 Å².